The van der Waals surface area contributed by atoms with E-state index in [1.165, 1.54) is 51.4 Å². The summed E-state index contributed by atoms with van der Waals surface area (Å²) in [6, 6.07) is 0. The number of carbonyl (C=O) groups is 1. The van der Waals surface area contributed by atoms with Crippen molar-refractivity contribution in [2.24, 2.45) is 29.1 Å². The molecule has 0 aliphatic heterocycles. The van der Waals surface area contributed by atoms with Gasteiger partial charge in [0.25, 0.3) is 0 Å². The molecule has 0 heterocycles. The Bertz CT molecular complexity index is 461. The zero-order chi connectivity index (χ0) is 17.4. The number of Topliss-reactive ketones (excluding diaryl/α,β-unsaturated/α-hetero) is 1. The van der Waals surface area contributed by atoms with Crippen LogP contribution in [0.4, 0.5) is 0 Å². The van der Waals surface area contributed by atoms with Crippen LogP contribution < -0.4 is 0 Å². The molecule has 0 radical (unpaired) electrons. The highest BCUT2D eigenvalue weighted by Gasteiger charge is 2.52. The third-order valence-corrected chi connectivity index (χ3v) is 8.34. The summed E-state index contributed by atoms with van der Waals surface area (Å²) in [5.74, 6) is 3.00. The molecule has 2 nitrogen and oxygen atoms in total. The van der Waals surface area contributed by atoms with Gasteiger partial charge in [-0.1, -0.05) is 55.0 Å². The number of carbonyl (C=O) groups excluding carboxylic acids is 1. The molecule has 3 aliphatic carbocycles. The monoisotopic (exact) mass is 398 g/mol. The van der Waals surface area contributed by atoms with Crippen molar-refractivity contribution in [1.82, 2.24) is 0 Å². The molecule has 3 aliphatic rings. The third kappa shape index (κ3) is 3.77. The van der Waals surface area contributed by atoms with Crippen LogP contribution in [0.3, 0.4) is 0 Å². The molecule has 0 aromatic carbocycles. The van der Waals surface area contributed by atoms with E-state index in [4.69, 9.17) is 0 Å². The van der Waals surface area contributed by atoms with Crippen LogP contribution in [0.15, 0.2) is 0 Å². The fraction of sp³-hybridized carbons (Fsp3) is 0.952. The molecular weight excluding hydrogens is 364 g/mol. The lowest BCUT2D eigenvalue weighted by Gasteiger charge is -2.45. The Balaban J connectivity index is 1.60. The van der Waals surface area contributed by atoms with Gasteiger partial charge in [-0.05, 0) is 68.6 Å². The zero-order valence-electron chi connectivity index (χ0n) is 15.5. The second-order valence-electron chi connectivity index (χ2n) is 9.53. The van der Waals surface area contributed by atoms with Gasteiger partial charge in [-0.15, -0.1) is 0 Å². The maximum atomic E-state index is 12.4. The van der Waals surface area contributed by atoms with Crippen LogP contribution in [-0.4, -0.2) is 21.8 Å². The van der Waals surface area contributed by atoms with Crippen molar-refractivity contribution in [3.05, 3.63) is 0 Å². The highest BCUT2D eigenvalue weighted by Crippen LogP contribution is 2.58. The number of fused-ring (bicyclic) bond motifs is 1. The minimum atomic E-state index is -0.426. The zero-order valence-corrected chi connectivity index (χ0v) is 17.1. The van der Waals surface area contributed by atoms with Crippen LogP contribution in [0.1, 0.15) is 84.5 Å². The van der Waals surface area contributed by atoms with Crippen LogP contribution in [0.5, 0.6) is 0 Å². The summed E-state index contributed by atoms with van der Waals surface area (Å²) >= 11 is 3.40. The molecule has 6 atom stereocenters. The van der Waals surface area contributed by atoms with Crippen molar-refractivity contribution in [3.8, 4) is 0 Å². The first-order valence-electron chi connectivity index (χ1n) is 10.2. The van der Waals surface area contributed by atoms with E-state index in [1.807, 2.05) is 6.92 Å². The van der Waals surface area contributed by atoms with Crippen LogP contribution in [-0.2, 0) is 4.79 Å². The Morgan fingerprint density at radius 2 is 1.83 bits per heavy atom. The summed E-state index contributed by atoms with van der Waals surface area (Å²) in [6.07, 6.45) is 13.3. The molecule has 0 saturated heterocycles. The van der Waals surface area contributed by atoms with Gasteiger partial charge in [-0.3, -0.25) is 4.79 Å². The summed E-state index contributed by atoms with van der Waals surface area (Å²) in [5, 5.41) is 10.9. The molecule has 0 spiro atoms. The van der Waals surface area contributed by atoms with Crippen LogP contribution in [0.2, 0.25) is 0 Å². The summed E-state index contributed by atoms with van der Waals surface area (Å²) in [4.78, 5) is 12.4. The normalized spacial score (nSPS) is 45.8. The Labute approximate surface area is 156 Å². The number of aliphatic hydroxyl groups is 1. The van der Waals surface area contributed by atoms with Crippen molar-refractivity contribution >= 4 is 21.7 Å². The summed E-state index contributed by atoms with van der Waals surface area (Å²) in [7, 11) is 0. The fourth-order valence-corrected chi connectivity index (χ4v) is 7.00. The van der Waals surface area contributed by atoms with Crippen LogP contribution >= 0.6 is 15.9 Å². The summed E-state index contributed by atoms with van der Waals surface area (Å²) in [5.41, 5.74) is -0.170. The minimum absolute atomic E-state index is 0.256. The number of rotatable bonds is 5. The minimum Gasteiger partial charge on any atom is -0.390 e. The largest absolute Gasteiger partial charge is 0.390 e. The smallest absolute Gasteiger partial charge is 0.147 e. The SMILES string of the molecule is CC1(O)CCCC(CCC2CCCC3(C)C(C(=O)CBr)CCC23)C1. The lowest BCUT2D eigenvalue weighted by atomic mass is 9.59. The quantitative estimate of drug-likeness (QED) is 0.620. The van der Waals surface area contributed by atoms with E-state index in [0.717, 1.165) is 31.1 Å². The highest BCUT2D eigenvalue weighted by atomic mass is 79.9. The molecule has 0 aromatic heterocycles. The molecule has 138 valence electrons. The van der Waals surface area contributed by atoms with Gasteiger partial charge in [0.05, 0.1) is 10.9 Å². The lowest BCUT2D eigenvalue weighted by Crippen LogP contribution is -2.40. The molecule has 0 amide bonds. The predicted molar refractivity (Wildman–Crippen MR) is 102 cm³/mol. The van der Waals surface area contributed by atoms with E-state index in [-0.39, 0.29) is 5.41 Å². The van der Waals surface area contributed by atoms with Crippen molar-refractivity contribution < 1.29 is 9.90 Å². The molecule has 0 aromatic rings. The molecule has 6 unspecified atom stereocenters. The molecule has 3 saturated carbocycles. The van der Waals surface area contributed by atoms with E-state index < -0.39 is 5.60 Å². The number of alkyl halides is 1. The first-order valence-corrected chi connectivity index (χ1v) is 11.3. The summed E-state index contributed by atoms with van der Waals surface area (Å²) < 4.78 is 0. The van der Waals surface area contributed by atoms with E-state index in [2.05, 4.69) is 22.9 Å². The van der Waals surface area contributed by atoms with Gasteiger partial charge in [0.15, 0.2) is 0 Å². The maximum Gasteiger partial charge on any atom is 0.147 e. The summed E-state index contributed by atoms with van der Waals surface area (Å²) in [6.45, 7) is 4.43. The Morgan fingerprint density at radius 3 is 2.54 bits per heavy atom. The van der Waals surface area contributed by atoms with Crippen LogP contribution in [0, 0.1) is 29.1 Å². The van der Waals surface area contributed by atoms with Gasteiger partial charge in [0.1, 0.15) is 5.78 Å². The number of halogens is 1. The molecule has 3 rings (SSSR count). The molecule has 1 N–H and O–H groups in total. The maximum absolute atomic E-state index is 12.4. The Hall–Kier alpha value is 0.110. The first kappa shape index (κ1) is 18.9. The molecular formula is C21H35BrO2. The van der Waals surface area contributed by atoms with E-state index in [9.17, 15) is 9.90 Å². The lowest BCUT2D eigenvalue weighted by molar-refractivity contribution is -0.125. The van der Waals surface area contributed by atoms with Gasteiger partial charge >= 0.3 is 0 Å². The second-order valence-corrected chi connectivity index (χ2v) is 10.1. The van der Waals surface area contributed by atoms with Gasteiger partial charge < -0.3 is 5.11 Å². The first-order chi connectivity index (χ1) is 11.4. The van der Waals surface area contributed by atoms with E-state index >= 15 is 0 Å². The Morgan fingerprint density at radius 1 is 1.08 bits per heavy atom. The predicted octanol–water partition coefficient (Wildman–Crippen LogP) is 5.50. The van der Waals surface area contributed by atoms with Gasteiger partial charge in [0, 0.05) is 5.92 Å². The fourth-order valence-electron chi connectivity index (χ4n) is 6.61. The average molecular weight is 399 g/mol. The van der Waals surface area contributed by atoms with Crippen LogP contribution in [0.25, 0.3) is 0 Å². The highest BCUT2D eigenvalue weighted by molar-refractivity contribution is 9.09. The van der Waals surface area contributed by atoms with Gasteiger partial charge in [-0.25, -0.2) is 0 Å². The van der Waals surface area contributed by atoms with Crippen molar-refractivity contribution in [1.29, 1.82) is 0 Å². The second kappa shape index (κ2) is 7.39. The van der Waals surface area contributed by atoms with Gasteiger partial charge in [0.2, 0.25) is 0 Å². The van der Waals surface area contributed by atoms with Gasteiger partial charge in [-0.2, -0.15) is 0 Å². The number of ketones is 1. The average Bonchev–Trinajstić information content (AvgIpc) is 2.89. The number of hydrogen-bond acceptors (Lipinski definition) is 2. The van der Waals surface area contributed by atoms with Crippen molar-refractivity contribution in [2.45, 2.75) is 90.1 Å². The Kier molecular flexibility index (Phi) is 5.81. The number of hydrogen-bond donors (Lipinski definition) is 1. The molecule has 3 heteroatoms. The molecule has 3 fully saturated rings. The van der Waals surface area contributed by atoms with E-state index in [1.54, 1.807) is 0 Å². The van der Waals surface area contributed by atoms with Crippen molar-refractivity contribution in [3.63, 3.8) is 0 Å². The molecule has 0 bridgehead atoms. The van der Waals surface area contributed by atoms with E-state index in [0.29, 0.717) is 22.9 Å². The standard InChI is InChI=1S/C21H35BrO2/c1-20(24)11-3-5-15(13-20)7-8-16-6-4-12-21(2)17(16)9-10-18(21)19(23)14-22/h15-18,24H,3-14H2,1-2H3. The third-order valence-electron chi connectivity index (χ3n) is 7.79. The molecule has 24 heavy (non-hydrogen) atoms. The van der Waals surface area contributed by atoms with Crippen molar-refractivity contribution in [2.75, 3.05) is 5.33 Å². The topological polar surface area (TPSA) is 37.3 Å².